The lowest BCUT2D eigenvalue weighted by Crippen LogP contribution is -2.12. The van der Waals surface area contributed by atoms with E-state index in [4.69, 9.17) is 16.2 Å². The van der Waals surface area contributed by atoms with Crippen molar-refractivity contribution >= 4 is 11.6 Å². The summed E-state index contributed by atoms with van der Waals surface area (Å²) in [5.74, 6) is -0.00444. The van der Waals surface area contributed by atoms with Crippen LogP contribution in [-0.4, -0.2) is 13.0 Å². The highest BCUT2D eigenvalue weighted by atomic mass is 16.5. The number of primary amides is 1. The van der Waals surface area contributed by atoms with Crippen molar-refractivity contribution in [3.05, 3.63) is 23.3 Å². The molecule has 0 atom stereocenters. The summed E-state index contributed by atoms with van der Waals surface area (Å²) in [7, 11) is 1.50. The van der Waals surface area contributed by atoms with Crippen LogP contribution in [0, 0.1) is 6.92 Å². The standard InChI is InChI=1S/C9H12N2O2/c1-5-3-6(9(11)12)4-7(13-2)8(5)10/h3-4H,10H2,1-2H3,(H2,11,12). The fraction of sp³-hybridized carbons (Fsp3) is 0.222. The molecule has 70 valence electrons. The number of aryl methyl sites for hydroxylation is 1. The normalized spacial score (nSPS) is 9.69. The van der Waals surface area contributed by atoms with Crippen molar-refractivity contribution in [3.63, 3.8) is 0 Å². The number of benzene rings is 1. The first kappa shape index (κ1) is 9.38. The average Bonchev–Trinajstić information content (AvgIpc) is 2.09. The second kappa shape index (κ2) is 3.35. The van der Waals surface area contributed by atoms with Gasteiger partial charge in [-0.25, -0.2) is 0 Å². The Bertz CT molecular complexity index is 348. The summed E-state index contributed by atoms with van der Waals surface area (Å²) in [6.45, 7) is 1.80. The minimum absolute atomic E-state index is 0.406. The zero-order chi connectivity index (χ0) is 10.0. The number of amides is 1. The highest BCUT2D eigenvalue weighted by Gasteiger charge is 2.08. The molecule has 0 heterocycles. The Morgan fingerprint density at radius 3 is 2.54 bits per heavy atom. The molecule has 4 N–H and O–H groups in total. The molecule has 0 aliphatic carbocycles. The van der Waals surface area contributed by atoms with Crippen LogP contribution in [0.1, 0.15) is 15.9 Å². The summed E-state index contributed by atoms with van der Waals surface area (Å²) < 4.78 is 4.98. The number of hydrogen-bond acceptors (Lipinski definition) is 3. The van der Waals surface area contributed by atoms with Gasteiger partial charge in [0.2, 0.25) is 5.91 Å². The van der Waals surface area contributed by atoms with Crippen molar-refractivity contribution in [2.45, 2.75) is 6.92 Å². The predicted octanol–water partition coefficient (Wildman–Crippen LogP) is 0.685. The van der Waals surface area contributed by atoms with Gasteiger partial charge in [-0.15, -0.1) is 0 Å². The number of rotatable bonds is 2. The third-order valence-electron chi connectivity index (χ3n) is 1.85. The Balaban J connectivity index is 3.30. The molecule has 1 amide bonds. The van der Waals surface area contributed by atoms with E-state index >= 15 is 0 Å². The first-order valence-electron chi connectivity index (χ1n) is 3.80. The highest BCUT2D eigenvalue weighted by molar-refractivity contribution is 5.94. The van der Waals surface area contributed by atoms with Gasteiger partial charge < -0.3 is 16.2 Å². The van der Waals surface area contributed by atoms with Crippen molar-refractivity contribution in [1.82, 2.24) is 0 Å². The molecule has 1 rings (SSSR count). The minimum Gasteiger partial charge on any atom is -0.495 e. The predicted molar refractivity (Wildman–Crippen MR) is 50.7 cm³/mol. The first-order chi connectivity index (χ1) is 6.06. The van der Waals surface area contributed by atoms with E-state index in [9.17, 15) is 4.79 Å². The van der Waals surface area contributed by atoms with Crippen LogP contribution >= 0.6 is 0 Å². The van der Waals surface area contributed by atoms with Gasteiger partial charge in [-0.05, 0) is 24.6 Å². The van der Waals surface area contributed by atoms with Crippen LogP contribution in [-0.2, 0) is 0 Å². The molecule has 0 aliphatic heterocycles. The quantitative estimate of drug-likeness (QED) is 0.657. The van der Waals surface area contributed by atoms with Crippen LogP contribution in [0.15, 0.2) is 12.1 Å². The van der Waals surface area contributed by atoms with Crippen molar-refractivity contribution in [2.75, 3.05) is 12.8 Å². The molecule has 0 aromatic heterocycles. The second-order valence-corrected chi connectivity index (χ2v) is 2.77. The van der Waals surface area contributed by atoms with Gasteiger partial charge in [0.1, 0.15) is 5.75 Å². The van der Waals surface area contributed by atoms with Crippen LogP contribution in [0.2, 0.25) is 0 Å². The van der Waals surface area contributed by atoms with E-state index in [0.29, 0.717) is 17.0 Å². The maximum Gasteiger partial charge on any atom is 0.248 e. The molecule has 0 saturated carbocycles. The number of hydrogen-bond donors (Lipinski definition) is 2. The van der Waals surface area contributed by atoms with E-state index < -0.39 is 5.91 Å². The summed E-state index contributed by atoms with van der Waals surface area (Å²) in [5, 5.41) is 0. The molecular weight excluding hydrogens is 168 g/mol. The average molecular weight is 180 g/mol. The van der Waals surface area contributed by atoms with Crippen LogP contribution in [0.5, 0.6) is 5.75 Å². The maximum atomic E-state index is 10.9. The van der Waals surface area contributed by atoms with E-state index in [1.54, 1.807) is 13.0 Å². The Hall–Kier alpha value is -1.71. The summed E-state index contributed by atoms with van der Waals surface area (Å²) in [5.41, 5.74) is 12.5. The summed E-state index contributed by atoms with van der Waals surface area (Å²) >= 11 is 0. The van der Waals surface area contributed by atoms with Gasteiger partial charge in [0.25, 0.3) is 0 Å². The minimum atomic E-state index is -0.485. The number of carbonyl (C=O) groups is 1. The molecule has 0 fully saturated rings. The maximum absolute atomic E-state index is 10.9. The van der Waals surface area contributed by atoms with E-state index in [1.165, 1.54) is 13.2 Å². The Morgan fingerprint density at radius 2 is 2.08 bits per heavy atom. The molecule has 0 saturated heterocycles. The molecule has 4 nitrogen and oxygen atoms in total. The number of ether oxygens (including phenoxy) is 1. The largest absolute Gasteiger partial charge is 0.495 e. The third kappa shape index (κ3) is 1.72. The van der Waals surface area contributed by atoms with Crippen molar-refractivity contribution in [3.8, 4) is 5.75 Å². The van der Waals surface area contributed by atoms with E-state index in [1.807, 2.05) is 0 Å². The Labute approximate surface area is 76.5 Å². The van der Waals surface area contributed by atoms with Crippen molar-refractivity contribution in [2.24, 2.45) is 5.73 Å². The van der Waals surface area contributed by atoms with Crippen LogP contribution < -0.4 is 16.2 Å². The van der Waals surface area contributed by atoms with Gasteiger partial charge in [0.05, 0.1) is 12.8 Å². The smallest absolute Gasteiger partial charge is 0.248 e. The lowest BCUT2D eigenvalue weighted by molar-refractivity contribution is 0.1000. The van der Waals surface area contributed by atoms with E-state index in [0.717, 1.165) is 5.56 Å². The van der Waals surface area contributed by atoms with Gasteiger partial charge in [0.15, 0.2) is 0 Å². The lowest BCUT2D eigenvalue weighted by Gasteiger charge is -2.08. The fourth-order valence-corrected chi connectivity index (χ4v) is 1.08. The number of methoxy groups -OCH3 is 1. The van der Waals surface area contributed by atoms with Gasteiger partial charge in [-0.2, -0.15) is 0 Å². The monoisotopic (exact) mass is 180 g/mol. The van der Waals surface area contributed by atoms with E-state index in [-0.39, 0.29) is 0 Å². The Morgan fingerprint density at radius 1 is 1.46 bits per heavy atom. The van der Waals surface area contributed by atoms with Gasteiger partial charge in [0, 0.05) is 5.56 Å². The van der Waals surface area contributed by atoms with Gasteiger partial charge >= 0.3 is 0 Å². The third-order valence-corrected chi connectivity index (χ3v) is 1.85. The SMILES string of the molecule is COc1cc(C(N)=O)cc(C)c1N. The van der Waals surface area contributed by atoms with Gasteiger partial charge in [-0.1, -0.05) is 0 Å². The second-order valence-electron chi connectivity index (χ2n) is 2.77. The molecule has 1 aromatic carbocycles. The van der Waals surface area contributed by atoms with Crippen LogP contribution in [0.4, 0.5) is 5.69 Å². The van der Waals surface area contributed by atoms with Gasteiger partial charge in [-0.3, -0.25) is 4.79 Å². The molecule has 0 bridgehead atoms. The Kier molecular flexibility index (Phi) is 2.41. The zero-order valence-corrected chi connectivity index (χ0v) is 7.63. The summed E-state index contributed by atoms with van der Waals surface area (Å²) in [6.07, 6.45) is 0. The van der Waals surface area contributed by atoms with Crippen molar-refractivity contribution in [1.29, 1.82) is 0 Å². The molecular formula is C9H12N2O2. The number of nitrogens with two attached hydrogens (primary N) is 2. The number of carbonyl (C=O) groups excluding carboxylic acids is 1. The summed E-state index contributed by atoms with van der Waals surface area (Å²) in [6, 6.07) is 3.17. The molecule has 0 radical (unpaired) electrons. The topological polar surface area (TPSA) is 78.3 Å². The van der Waals surface area contributed by atoms with E-state index in [2.05, 4.69) is 0 Å². The highest BCUT2D eigenvalue weighted by Crippen LogP contribution is 2.26. The van der Waals surface area contributed by atoms with Crippen LogP contribution in [0.3, 0.4) is 0 Å². The number of anilines is 1. The van der Waals surface area contributed by atoms with Crippen LogP contribution in [0.25, 0.3) is 0 Å². The lowest BCUT2D eigenvalue weighted by atomic mass is 10.1. The molecule has 0 unspecified atom stereocenters. The molecule has 13 heavy (non-hydrogen) atoms. The fourth-order valence-electron chi connectivity index (χ4n) is 1.08. The zero-order valence-electron chi connectivity index (χ0n) is 7.63. The molecule has 4 heteroatoms. The summed E-state index contributed by atoms with van der Waals surface area (Å²) in [4.78, 5) is 10.9. The molecule has 0 aliphatic rings. The number of nitrogen functional groups attached to an aromatic ring is 1. The molecule has 0 spiro atoms. The van der Waals surface area contributed by atoms with Crippen molar-refractivity contribution < 1.29 is 9.53 Å². The first-order valence-corrected chi connectivity index (χ1v) is 3.80. The molecule has 1 aromatic rings.